The van der Waals surface area contributed by atoms with Gasteiger partial charge in [-0.25, -0.2) is 0 Å². The lowest BCUT2D eigenvalue weighted by Gasteiger charge is -2.39. The van der Waals surface area contributed by atoms with Gasteiger partial charge in [0.1, 0.15) is 6.04 Å². The molecular formula is C7H12N2O2. The van der Waals surface area contributed by atoms with Gasteiger partial charge >= 0.3 is 0 Å². The van der Waals surface area contributed by atoms with Gasteiger partial charge in [0.05, 0.1) is 6.04 Å². The third kappa shape index (κ3) is 1.26. The van der Waals surface area contributed by atoms with Crippen LogP contribution in [0.3, 0.4) is 0 Å². The van der Waals surface area contributed by atoms with Gasteiger partial charge in [0.2, 0.25) is 5.91 Å². The van der Waals surface area contributed by atoms with Crippen LogP contribution >= 0.6 is 0 Å². The first kappa shape index (κ1) is 8.20. The highest BCUT2D eigenvalue weighted by molar-refractivity contribution is 5.93. The van der Waals surface area contributed by atoms with E-state index in [0.717, 1.165) is 0 Å². The summed E-state index contributed by atoms with van der Waals surface area (Å²) in [5.41, 5.74) is 5.35. The van der Waals surface area contributed by atoms with Crippen molar-refractivity contribution in [3.8, 4) is 0 Å². The zero-order chi connectivity index (χ0) is 8.59. The fourth-order valence-electron chi connectivity index (χ4n) is 1.05. The molecule has 0 aliphatic carbocycles. The average Bonchev–Trinajstić information content (AvgIpc) is 1.98. The molecule has 4 nitrogen and oxygen atoms in total. The van der Waals surface area contributed by atoms with Crippen LogP contribution in [0.1, 0.15) is 13.8 Å². The lowest BCUT2D eigenvalue weighted by molar-refractivity contribution is -0.149. The van der Waals surface area contributed by atoms with Gasteiger partial charge < -0.3 is 10.6 Å². The van der Waals surface area contributed by atoms with Crippen molar-refractivity contribution in [2.24, 2.45) is 5.73 Å². The van der Waals surface area contributed by atoms with E-state index in [1.165, 1.54) is 11.8 Å². The van der Waals surface area contributed by atoms with Crippen LogP contribution in [0.5, 0.6) is 0 Å². The van der Waals surface area contributed by atoms with E-state index in [-0.39, 0.29) is 23.8 Å². The largest absolute Gasteiger partial charge is 0.329 e. The van der Waals surface area contributed by atoms with Gasteiger partial charge in [0.25, 0.3) is 0 Å². The van der Waals surface area contributed by atoms with Crippen molar-refractivity contribution in [2.45, 2.75) is 25.9 Å². The SMILES string of the molecule is CC(=O)C(C)N1CC(N)C1=O. The van der Waals surface area contributed by atoms with E-state index >= 15 is 0 Å². The molecule has 1 aliphatic heterocycles. The minimum atomic E-state index is -0.378. The Bertz CT molecular complexity index is 203. The summed E-state index contributed by atoms with van der Waals surface area (Å²) in [6, 6.07) is -0.681. The topological polar surface area (TPSA) is 63.4 Å². The lowest BCUT2D eigenvalue weighted by Crippen LogP contribution is -2.64. The average molecular weight is 156 g/mol. The Morgan fingerprint density at radius 1 is 1.82 bits per heavy atom. The maximum atomic E-state index is 11.0. The second kappa shape index (κ2) is 2.62. The molecule has 0 saturated carbocycles. The number of β-lactam (4-membered cyclic amide) rings is 1. The number of hydrogen-bond acceptors (Lipinski definition) is 3. The van der Waals surface area contributed by atoms with E-state index in [1.54, 1.807) is 6.92 Å². The third-order valence-corrected chi connectivity index (χ3v) is 2.05. The highest BCUT2D eigenvalue weighted by Crippen LogP contribution is 2.12. The predicted molar refractivity (Wildman–Crippen MR) is 39.8 cm³/mol. The molecule has 0 bridgehead atoms. The molecule has 62 valence electrons. The summed E-state index contributed by atoms with van der Waals surface area (Å²) in [6.45, 7) is 3.70. The standard InChI is InChI=1S/C7H12N2O2/c1-4(5(2)10)9-3-6(8)7(9)11/h4,6H,3,8H2,1-2H3. The second-order valence-electron chi connectivity index (χ2n) is 2.88. The van der Waals surface area contributed by atoms with E-state index in [1.807, 2.05) is 0 Å². The van der Waals surface area contributed by atoms with Crippen molar-refractivity contribution in [3.05, 3.63) is 0 Å². The van der Waals surface area contributed by atoms with Crippen LogP contribution in [-0.4, -0.2) is 35.2 Å². The number of carbonyl (C=O) groups is 2. The zero-order valence-electron chi connectivity index (χ0n) is 6.70. The Balaban J connectivity index is 2.52. The molecule has 0 spiro atoms. The van der Waals surface area contributed by atoms with Crippen LogP contribution in [0, 0.1) is 0 Å². The maximum absolute atomic E-state index is 11.0. The molecule has 1 aliphatic rings. The van der Waals surface area contributed by atoms with Crippen molar-refractivity contribution >= 4 is 11.7 Å². The van der Waals surface area contributed by atoms with Crippen LogP contribution in [0.4, 0.5) is 0 Å². The molecule has 2 N–H and O–H groups in total. The Morgan fingerprint density at radius 3 is 2.64 bits per heavy atom. The van der Waals surface area contributed by atoms with Gasteiger partial charge in [-0.3, -0.25) is 9.59 Å². The molecule has 1 saturated heterocycles. The summed E-state index contributed by atoms with van der Waals surface area (Å²) in [5.74, 6) is -0.113. The van der Waals surface area contributed by atoms with Gasteiger partial charge in [-0.15, -0.1) is 0 Å². The molecule has 1 amide bonds. The van der Waals surface area contributed by atoms with Gasteiger partial charge in [-0.1, -0.05) is 0 Å². The molecule has 1 fully saturated rings. The normalized spacial score (nSPS) is 26.3. The summed E-state index contributed by atoms with van der Waals surface area (Å²) in [4.78, 5) is 23.2. The molecule has 0 radical (unpaired) electrons. The molecule has 11 heavy (non-hydrogen) atoms. The van der Waals surface area contributed by atoms with Crippen molar-refractivity contribution in [3.63, 3.8) is 0 Å². The summed E-state index contributed by atoms with van der Waals surface area (Å²) < 4.78 is 0. The summed E-state index contributed by atoms with van der Waals surface area (Å²) in [6.07, 6.45) is 0. The maximum Gasteiger partial charge on any atom is 0.241 e. The highest BCUT2D eigenvalue weighted by atomic mass is 16.2. The van der Waals surface area contributed by atoms with E-state index in [2.05, 4.69) is 0 Å². The van der Waals surface area contributed by atoms with Gasteiger partial charge in [0.15, 0.2) is 5.78 Å². The van der Waals surface area contributed by atoms with Crippen molar-refractivity contribution in [1.82, 2.24) is 4.90 Å². The smallest absolute Gasteiger partial charge is 0.241 e. The number of amides is 1. The van der Waals surface area contributed by atoms with Crippen LogP contribution in [0.15, 0.2) is 0 Å². The monoisotopic (exact) mass is 156 g/mol. The first-order valence-electron chi connectivity index (χ1n) is 3.60. The number of hydrogen-bond donors (Lipinski definition) is 1. The van der Waals surface area contributed by atoms with E-state index in [9.17, 15) is 9.59 Å². The minimum Gasteiger partial charge on any atom is -0.329 e. The van der Waals surface area contributed by atoms with Crippen LogP contribution in [0.25, 0.3) is 0 Å². The van der Waals surface area contributed by atoms with Gasteiger partial charge in [-0.05, 0) is 13.8 Å². The number of rotatable bonds is 2. The highest BCUT2D eigenvalue weighted by Gasteiger charge is 2.37. The number of nitrogens with two attached hydrogens (primary N) is 1. The number of carbonyl (C=O) groups excluding carboxylic acids is 2. The Morgan fingerprint density at radius 2 is 2.36 bits per heavy atom. The number of ketones is 1. The quantitative estimate of drug-likeness (QED) is 0.529. The fourth-order valence-corrected chi connectivity index (χ4v) is 1.05. The molecule has 1 rings (SSSR count). The fraction of sp³-hybridized carbons (Fsp3) is 0.714. The zero-order valence-corrected chi connectivity index (χ0v) is 6.70. The molecule has 0 aromatic carbocycles. The van der Waals surface area contributed by atoms with Gasteiger partial charge in [-0.2, -0.15) is 0 Å². The molecule has 0 aromatic heterocycles. The van der Waals surface area contributed by atoms with Gasteiger partial charge in [0, 0.05) is 6.54 Å². The first-order chi connectivity index (χ1) is 5.04. The van der Waals surface area contributed by atoms with Crippen molar-refractivity contribution in [1.29, 1.82) is 0 Å². The summed E-state index contributed by atoms with van der Waals surface area (Å²) in [5, 5.41) is 0. The number of likely N-dealkylation sites (tertiary alicyclic amines) is 1. The molecule has 1 heterocycles. The molecular weight excluding hydrogens is 144 g/mol. The third-order valence-electron chi connectivity index (χ3n) is 2.05. The summed E-state index contributed by atoms with van der Waals surface area (Å²) in [7, 11) is 0. The Kier molecular flexibility index (Phi) is 1.95. The van der Waals surface area contributed by atoms with E-state index < -0.39 is 0 Å². The van der Waals surface area contributed by atoms with Crippen LogP contribution < -0.4 is 5.73 Å². The molecule has 0 aromatic rings. The number of Topliss-reactive ketones (excluding diaryl/α,β-unsaturated/α-hetero) is 1. The second-order valence-corrected chi connectivity index (χ2v) is 2.88. The summed E-state index contributed by atoms with van der Waals surface area (Å²) >= 11 is 0. The first-order valence-corrected chi connectivity index (χ1v) is 3.60. The van der Waals surface area contributed by atoms with E-state index in [4.69, 9.17) is 5.73 Å². The predicted octanol–water partition coefficient (Wildman–Crippen LogP) is -0.867. The molecule has 2 atom stereocenters. The van der Waals surface area contributed by atoms with Crippen LogP contribution in [-0.2, 0) is 9.59 Å². The Labute approximate surface area is 65.3 Å². The van der Waals surface area contributed by atoms with Crippen molar-refractivity contribution < 1.29 is 9.59 Å². The van der Waals surface area contributed by atoms with E-state index in [0.29, 0.717) is 6.54 Å². The van der Waals surface area contributed by atoms with Crippen LogP contribution in [0.2, 0.25) is 0 Å². The lowest BCUT2D eigenvalue weighted by atomic mass is 10.0. The molecule has 2 unspecified atom stereocenters. The van der Waals surface area contributed by atoms with Crippen molar-refractivity contribution in [2.75, 3.05) is 6.54 Å². The number of nitrogens with zero attached hydrogens (tertiary/aromatic N) is 1. The molecule has 4 heteroatoms. The Hall–Kier alpha value is -0.900. The minimum absolute atomic E-state index is 0.00486.